The van der Waals surface area contributed by atoms with E-state index in [1.165, 1.54) is 24.6 Å². The van der Waals surface area contributed by atoms with Crippen LogP contribution in [0.4, 0.5) is 0 Å². The zero-order chi connectivity index (χ0) is 11.6. The van der Waals surface area contributed by atoms with Crippen LogP contribution in [0.15, 0.2) is 25.7 Å². The number of ether oxygens (including phenoxy) is 2. The second-order valence-corrected chi connectivity index (χ2v) is 9.77. The fourth-order valence-corrected chi connectivity index (χ4v) is 4.01. The van der Waals surface area contributed by atoms with E-state index in [-0.39, 0.29) is 0 Å². The maximum atomic E-state index is 5.12. The van der Waals surface area contributed by atoms with E-state index in [9.17, 15) is 0 Å². The van der Waals surface area contributed by atoms with Crippen LogP contribution in [0.3, 0.4) is 0 Å². The molecule has 0 rings (SSSR count). The predicted molar refractivity (Wildman–Crippen MR) is 68.6 cm³/mol. The van der Waals surface area contributed by atoms with Crippen molar-refractivity contribution in [1.29, 1.82) is 0 Å². The lowest BCUT2D eigenvalue weighted by molar-refractivity contribution is 0.248. The molecular weight excluding hydrogens is 204 g/mol. The Morgan fingerprint density at radius 2 is 1.33 bits per heavy atom. The summed E-state index contributed by atoms with van der Waals surface area (Å²) in [5.74, 6) is 0. The van der Waals surface area contributed by atoms with Gasteiger partial charge in [0.05, 0.1) is 25.7 Å². The second-order valence-electron chi connectivity index (χ2n) is 4.45. The first kappa shape index (κ1) is 14.3. The fraction of sp³-hybridized carbons (Fsp3) is 0.667. The molecule has 0 bridgehead atoms. The second kappa shape index (κ2) is 8.59. The molecule has 0 aliphatic heterocycles. The smallest absolute Gasteiger partial charge is 0.0870 e. The molecular formula is C12H24O2Si. The van der Waals surface area contributed by atoms with Gasteiger partial charge in [0.1, 0.15) is 0 Å². The van der Waals surface area contributed by atoms with Gasteiger partial charge in [-0.25, -0.2) is 0 Å². The van der Waals surface area contributed by atoms with Gasteiger partial charge in [-0.1, -0.05) is 38.3 Å². The summed E-state index contributed by atoms with van der Waals surface area (Å²) in [5, 5.41) is 0. The van der Waals surface area contributed by atoms with Gasteiger partial charge >= 0.3 is 0 Å². The molecule has 0 saturated heterocycles. The van der Waals surface area contributed by atoms with Crippen LogP contribution < -0.4 is 0 Å². The molecule has 0 aromatic rings. The molecule has 0 N–H and O–H groups in total. The SMILES string of the molecule is C=COCCC[Si](C)(C)CCCOC=C. The Balaban J connectivity index is 3.47. The Bertz CT molecular complexity index is 160. The Hall–Kier alpha value is -0.703. The maximum Gasteiger partial charge on any atom is 0.0870 e. The van der Waals surface area contributed by atoms with Crippen LogP contribution >= 0.6 is 0 Å². The minimum Gasteiger partial charge on any atom is -0.502 e. The zero-order valence-corrected chi connectivity index (χ0v) is 11.1. The molecule has 0 aliphatic carbocycles. The molecule has 0 aromatic heterocycles. The Morgan fingerprint density at radius 3 is 1.67 bits per heavy atom. The third kappa shape index (κ3) is 9.60. The van der Waals surface area contributed by atoms with E-state index < -0.39 is 8.07 Å². The van der Waals surface area contributed by atoms with Crippen molar-refractivity contribution in [3.05, 3.63) is 25.7 Å². The highest BCUT2D eigenvalue weighted by Crippen LogP contribution is 2.19. The van der Waals surface area contributed by atoms with Crippen molar-refractivity contribution in [1.82, 2.24) is 0 Å². The molecule has 0 atom stereocenters. The first-order chi connectivity index (χ1) is 7.12. The normalized spacial score (nSPS) is 10.8. The van der Waals surface area contributed by atoms with Crippen molar-refractivity contribution in [2.45, 2.75) is 38.0 Å². The monoisotopic (exact) mass is 228 g/mol. The molecule has 0 fully saturated rings. The summed E-state index contributed by atoms with van der Waals surface area (Å²) in [7, 11) is -1.03. The minimum absolute atomic E-state index is 0.809. The van der Waals surface area contributed by atoms with E-state index in [0.717, 1.165) is 26.1 Å². The van der Waals surface area contributed by atoms with Crippen LogP contribution in [0.25, 0.3) is 0 Å². The van der Waals surface area contributed by atoms with E-state index in [2.05, 4.69) is 26.3 Å². The van der Waals surface area contributed by atoms with Crippen LogP contribution in [0.5, 0.6) is 0 Å². The fourth-order valence-electron chi connectivity index (χ4n) is 1.56. The lowest BCUT2D eigenvalue weighted by Gasteiger charge is -2.21. The lowest BCUT2D eigenvalue weighted by Crippen LogP contribution is -2.25. The van der Waals surface area contributed by atoms with E-state index >= 15 is 0 Å². The Labute approximate surface area is 95.0 Å². The Morgan fingerprint density at radius 1 is 0.933 bits per heavy atom. The van der Waals surface area contributed by atoms with Crippen LogP contribution in [-0.2, 0) is 9.47 Å². The van der Waals surface area contributed by atoms with Crippen molar-refractivity contribution in [3.63, 3.8) is 0 Å². The molecule has 0 aliphatic rings. The predicted octanol–water partition coefficient (Wildman–Crippen LogP) is 3.80. The number of rotatable bonds is 10. The van der Waals surface area contributed by atoms with Gasteiger partial charge in [-0.2, -0.15) is 0 Å². The van der Waals surface area contributed by atoms with Crippen molar-refractivity contribution in [3.8, 4) is 0 Å². The van der Waals surface area contributed by atoms with Gasteiger partial charge in [0, 0.05) is 8.07 Å². The highest BCUT2D eigenvalue weighted by atomic mass is 28.3. The lowest BCUT2D eigenvalue weighted by atomic mass is 10.5. The van der Waals surface area contributed by atoms with Crippen molar-refractivity contribution < 1.29 is 9.47 Å². The maximum absolute atomic E-state index is 5.12. The van der Waals surface area contributed by atoms with E-state index in [1.54, 1.807) is 0 Å². The van der Waals surface area contributed by atoms with Crippen molar-refractivity contribution in [2.75, 3.05) is 13.2 Å². The molecule has 0 amide bonds. The Kier molecular flexibility index (Phi) is 8.19. The molecule has 0 heterocycles. The summed E-state index contributed by atoms with van der Waals surface area (Å²) >= 11 is 0. The van der Waals surface area contributed by atoms with Gasteiger partial charge in [-0.3, -0.25) is 0 Å². The van der Waals surface area contributed by atoms with Gasteiger partial charge in [0.15, 0.2) is 0 Å². The third-order valence-corrected chi connectivity index (χ3v) is 5.88. The molecule has 88 valence electrons. The van der Waals surface area contributed by atoms with Gasteiger partial charge in [-0.15, -0.1) is 0 Å². The molecule has 0 radical (unpaired) electrons. The molecule has 3 heteroatoms. The molecule has 15 heavy (non-hydrogen) atoms. The average Bonchev–Trinajstić information content (AvgIpc) is 2.20. The largest absolute Gasteiger partial charge is 0.502 e. The van der Waals surface area contributed by atoms with E-state index in [1.807, 2.05) is 0 Å². The molecule has 2 nitrogen and oxygen atoms in total. The van der Waals surface area contributed by atoms with Crippen LogP contribution in [0, 0.1) is 0 Å². The zero-order valence-electron chi connectivity index (χ0n) is 10.1. The van der Waals surface area contributed by atoms with Gasteiger partial charge in [-0.05, 0) is 12.8 Å². The summed E-state index contributed by atoms with van der Waals surface area (Å²) in [6.45, 7) is 13.5. The minimum atomic E-state index is -1.03. The third-order valence-electron chi connectivity index (χ3n) is 2.47. The van der Waals surface area contributed by atoms with Crippen LogP contribution in [-0.4, -0.2) is 21.3 Å². The van der Waals surface area contributed by atoms with Gasteiger partial charge in [0.25, 0.3) is 0 Å². The van der Waals surface area contributed by atoms with Crippen LogP contribution in [0.1, 0.15) is 12.8 Å². The summed E-state index contributed by atoms with van der Waals surface area (Å²) < 4.78 is 10.2. The highest BCUT2D eigenvalue weighted by molar-refractivity contribution is 6.77. The summed E-state index contributed by atoms with van der Waals surface area (Å²) in [5.41, 5.74) is 0. The molecule has 0 aromatic carbocycles. The number of hydrogen-bond acceptors (Lipinski definition) is 2. The first-order valence-electron chi connectivity index (χ1n) is 5.57. The molecule has 0 saturated carbocycles. The average molecular weight is 228 g/mol. The van der Waals surface area contributed by atoms with E-state index in [0.29, 0.717) is 0 Å². The highest BCUT2D eigenvalue weighted by Gasteiger charge is 2.19. The summed E-state index contributed by atoms with van der Waals surface area (Å²) in [6.07, 6.45) is 5.33. The first-order valence-corrected chi connectivity index (χ1v) is 8.99. The number of hydrogen-bond donors (Lipinski definition) is 0. The quantitative estimate of drug-likeness (QED) is 0.322. The molecule has 0 unspecified atom stereocenters. The van der Waals surface area contributed by atoms with E-state index in [4.69, 9.17) is 9.47 Å². The molecule has 0 spiro atoms. The standard InChI is InChI=1S/C12H24O2Si/c1-5-13-9-7-11-15(3,4)12-8-10-14-6-2/h5-6H,1-2,7-12H2,3-4H3. The van der Waals surface area contributed by atoms with Crippen LogP contribution in [0.2, 0.25) is 25.2 Å². The summed E-state index contributed by atoms with van der Waals surface area (Å²) in [4.78, 5) is 0. The van der Waals surface area contributed by atoms with Gasteiger partial charge < -0.3 is 9.47 Å². The summed E-state index contributed by atoms with van der Waals surface area (Å²) in [6, 6.07) is 2.63. The van der Waals surface area contributed by atoms with Gasteiger partial charge in [0.2, 0.25) is 0 Å². The topological polar surface area (TPSA) is 18.5 Å². The van der Waals surface area contributed by atoms with Crippen molar-refractivity contribution in [2.24, 2.45) is 0 Å². The van der Waals surface area contributed by atoms with Crippen molar-refractivity contribution >= 4 is 8.07 Å².